The molecule has 64 valence electrons. The van der Waals surface area contributed by atoms with Crippen LogP contribution < -0.4 is 0 Å². The molecule has 0 amide bonds. The average molecular weight is 165 g/mol. The second-order valence-corrected chi connectivity index (χ2v) is 2.97. The molecular formula is C7H10F3N. The topological polar surface area (TPSA) is 12.4 Å². The quantitative estimate of drug-likeness (QED) is 0.522. The zero-order valence-electron chi connectivity index (χ0n) is 6.23. The summed E-state index contributed by atoms with van der Waals surface area (Å²) in [5.74, 6) is -1.25. The lowest BCUT2D eigenvalue weighted by Gasteiger charge is -2.23. The van der Waals surface area contributed by atoms with Crippen LogP contribution in [0.15, 0.2) is 4.99 Å². The smallest absolute Gasteiger partial charge is 0.297 e. The van der Waals surface area contributed by atoms with Crippen molar-refractivity contribution in [3.63, 3.8) is 0 Å². The van der Waals surface area contributed by atoms with Crippen molar-refractivity contribution in [1.29, 1.82) is 0 Å². The van der Waals surface area contributed by atoms with Gasteiger partial charge >= 0.3 is 6.18 Å². The molecule has 0 N–H and O–H groups in total. The van der Waals surface area contributed by atoms with Crippen molar-refractivity contribution in [1.82, 2.24) is 0 Å². The molecule has 0 fully saturated rings. The molecule has 11 heavy (non-hydrogen) atoms. The summed E-state index contributed by atoms with van der Waals surface area (Å²) in [6, 6.07) is 0. The van der Waals surface area contributed by atoms with Gasteiger partial charge < -0.3 is 0 Å². The predicted molar refractivity (Wildman–Crippen MR) is 36.7 cm³/mol. The van der Waals surface area contributed by atoms with E-state index in [2.05, 4.69) is 4.99 Å². The third kappa shape index (κ3) is 2.20. The fraction of sp³-hybridized carbons (Fsp3) is 0.857. The van der Waals surface area contributed by atoms with Crippen LogP contribution in [-0.4, -0.2) is 18.9 Å². The second kappa shape index (κ2) is 2.83. The van der Waals surface area contributed by atoms with Crippen LogP contribution in [0.2, 0.25) is 0 Å². The number of aliphatic imine (C=N–C) groups is 1. The first-order valence-corrected chi connectivity index (χ1v) is 3.57. The van der Waals surface area contributed by atoms with E-state index < -0.39 is 12.1 Å². The van der Waals surface area contributed by atoms with Gasteiger partial charge in [0.15, 0.2) is 0 Å². The Labute approximate surface area is 63.3 Å². The molecule has 0 bridgehead atoms. The highest BCUT2D eigenvalue weighted by Crippen LogP contribution is 2.32. The summed E-state index contributed by atoms with van der Waals surface area (Å²) in [6.45, 7) is 1.66. The molecule has 0 aliphatic carbocycles. The number of alkyl halides is 3. The van der Waals surface area contributed by atoms with Gasteiger partial charge in [0.25, 0.3) is 0 Å². The Hall–Kier alpha value is -0.540. The maximum Gasteiger partial charge on any atom is 0.393 e. The Morgan fingerprint density at radius 3 is 2.45 bits per heavy atom. The van der Waals surface area contributed by atoms with Crippen molar-refractivity contribution in [3.8, 4) is 0 Å². The molecule has 0 spiro atoms. The number of halogens is 3. The van der Waals surface area contributed by atoms with Gasteiger partial charge in [-0.2, -0.15) is 13.2 Å². The molecule has 0 saturated carbocycles. The molecule has 1 rings (SSSR count). The van der Waals surface area contributed by atoms with Crippen LogP contribution in [0.4, 0.5) is 13.2 Å². The lowest BCUT2D eigenvalue weighted by atomic mass is 9.94. The average Bonchev–Trinajstić information content (AvgIpc) is 1.86. The van der Waals surface area contributed by atoms with Crippen molar-refractivity contribution in [2.24, 2.45) is 16.8 Å². The van der Waals surface area contributed by atoms with Crippen LogP contribution in [0.25, 0.3) is 0 Å². The van der Waals surface area contributed by atoms with E-state index in [1.54, 1.807) is 13.1 Å². The summed E-state index contributed by atoms with van der Waals surface area (Å²) in [7, 11) is 0. The first kappa shape index (κ1) is 8.56. The Balaban J connectivity index is 2.57. The van der Waals surface area contributed by atoms with Gasteiger partial charge in [-0.25, -0.2) is 0 Å². The third-order valence-corrected chi connectivity index (χ3v) is 1.80. The maximum atomic E-state index is 12.0. The minimum Gasteiger partial charge on any atom is -0.297 e. The summed E-state index contributed by atoms with van der Waals surface area (Å²) >= 11 is 0. The molecule has 0 radical (unpaired) electrons. The number of hydrogen-bond donors (Lipinski definition) is 0. The van der Waals surface area contributed by atoms with Gasteiger partial charge in [0, 0.05) is 6.21 Å². The van der Waals surface area contributed by atoms with Gasteiger partial charge in [0.2, 0.25) is 0 Å². The molecule has 2 atom stereocenters. The molecule has 0 aromatic rings. The van der Waals surface area contributed by atoms with Crippen LogP contribution in [0.3, 0.4) is 0 Å². The standard InChI is InChI=1S/C7H10F3N/c1-5-2-6(4-11-3-5)7(8,9)10/h3,5-6H,2,4H2,1H3. The summed E-state index contributed by atoms with van der Waals surface area (Å²) in [5, 5.41) is 0. The molecule has 0 saturated heterocycles. The van der Waals surface area contributed by atoms with E-state index in [0.717, 1.165) is 0 Å². The molecule has 1 aliphatic heterocycles. The summed E-state index contributed by atoms with van der Waals surface area (Å²) in [6.07, 6.45) is -2.28. The third-order valence-electron chi connectivity index (χ3n) is 1.80. The lowest BCUT2D eigenvalue weighted by molar-refractivity contribution is -0.175. The molecule has 0 aromatic heterocycles. The molecule has 0 aromatic carbocycles. The minimum atomic E-state index is -4.06. The van der Waals surface area contributed by atoms with E-state index in [4.69, 9.17) is 0 Å². The van der Waals surface area contributed by atoms with Crippen molar-refractivity contribution in [2.75, 3.05) is 6.54 Å². The normalized spacial score (nSPS) is 32.4. The zero-order valence-corrected chi connectivity index (χ0v) is 6.23. The van der Waals surface area contributed by atoms with Crippen molar-refractivity contribution >= 4 is 6.21 Å². The van der Waals surface area contributed by atoms with E-state index in [0.29, 0.717) is 0 Å². The fourth-order valence-electron chi connectivity index (χ4n) is 1.19. The highest BCUT2D eigenvalue weighted by molar-refractivity contribution is 5.61. The summed E-state index contributed by atoms with van der Waals surface area (Å²) in [5.41, 5.74) is 0. The lowest BCUT2D eigenvalue weighted by Crippen LogP contribution is -2.30. The van der Waals surface area contributed by atoms with E-state index in [-0.39, 0.29) is 18.9 Å². The van der Waals surface area contributed by atoms with Crippen LogP contribution in [0.5, 0.6) is 0 Å². The zero-order chi connectivity index (χ0) is 8.48. The molecule has 1 heterocycles. The van der Waals surface area contributed by atoms with Crippen molar-refractivity contribution < 1.29 is 13.2 Å². The first-order chi connectivity index (χ1) is 5.00. The van der Waals surface area contributed by atoms with Gasteiger partial charge in [0.1, 0.15) is 0 Å². The van der Waals surface area contributed by atoms with E-state index >= 15 is 0 Å². The first-order valence-electron chi connectivity index (χ1n) is 3.57. The van der Waals surface area contributed by atoms with Crippen molar-refractivity contribution in [2.45, 2.75) is 19.5 Å². The Kier molecular flexibility index (Phi) is 2.20. The van der Waals surface area contributed by atoms with Crippen molar-refractivity contribution in [3.05, 3.63) is 0 Å². The summed E-state index contributed by atoms with van der Waals surface area (Å²) < 4.78 is 36.1. The molecule has 4 heteroatoms. The number of rotatable bonds is 0. The van der Waals surface area contributed by atoms with Gasteiger partial charge in [-0.3, -0.25) is 4.99 Å². The van der Waals surface area contributed by atoms with Crippen LogP contribution >= 0.6 is 0 Å². The Morgan fingerprint density at radius 2 is 2.09 bits per heavy atom. The summed E-state index contributed by atoms with van der Waals surface area (Å²) in [4.78, 5) is 3.66. The van der Waals surface area contributed by atoms with E-state index in [9.17, 15) is 13.2 Å². The Bertz CT molecular complexity index is 162. The minimum absolute atomic E-state index is 0.0321. The van der Waals surface area contributed by atoms with E-state index in [1.807, 2.05) is 0 Å². The molecule has 2 unspecified atom stereocenters. The SMILES string of the molecule is CC1C=NCC(C(F)(F)F)C1. The number of nitrogens with zero attached hydrogens (tertiary/aromatic N) is 1. The maximum absolute atomic E-state index is 12.0. The number of hydrogen-bond acceptors (Lipinski definition) is 1. The van der Waals surface area contributed by atoms with Crippen LogP contribution in [-0.2, 0) is 0 Å². The van der Waals surface area contributed by atoms with Gasteiger partial charge in [-0.05, 0) is 12.3 Å². The van der Waals surface area contributed by atoms with E-state index in [1.165, 1.54) is 0 Å². The molecular weight excluding hydrogens is 155 g/mol. The van der Waals surface area contributed by atoms with Gasteiger partial charge in [-0.15, -0.1) is 0 Å². The monoisotopic (exact) mass is 165 g/mol. The largest absolute Gasteiger partial charge is 0.393 e. The highest BCUT2D eigenvalue weighted by atomic mass is 19.4. The second-order valence-electron chi connectivity index (χ2n) is 2.97. The van der Waals surface area contributed by atoms with Gasteiger partial charge in [-0.1, -0.05) is 6.92 Å². The fourth-order valence-corrected chi connectivity index (χ4v) is 1.19. The van der Waals surface area contributed by atoms with Gasteiger partial charge in [0.05, 0.1) is 12.5 Å². The van der Waals surface area contributed by atoms with Crippen LogP contribution in [0, 0.1) is 11.8 Å². The molecule has 1 aliphatic rings. The molecule has 1 nitrogen and oxygen atoms in total. The predicted octanol–water partition coefficient (Wildman–Crippen LogP) is 2.28. The Morgan fingerprint density at radius 1 is 1.45 bits per heavy atom. The highest BCUT2D eigenvalue weighted by Gasteiger charge is 2.40. The van der Waals surface area contributed by atoms with Crippen LogP contribution in [0.1, 0.15) is 13.3 Å².